The predicted molar refractivity (Wildman–Crippen MR) is 124 cm³/mol. The summed E-state index contributed by atoms with van der Waals surface area (Å²) in [6.45, 7) is -0.421. The molecule has 0 aromatic heterocycles. The Morgan fingerprint density at radius 3 is 2.18 bits per heavy atom. The average molecular weight is 472 g/mol. The molecule has 0 saturated heterocycles. The van der Waals surface area contributed by atoms with Crippen molar-refractivity contribution in [3.63, 3.8) is 0 Å². The van der Waals surface area contributed by atoms with Gasteiger partial charge in [-0.25, -0.2) is 4.79 Å². The number of alkyl carbamates (subject to hydrolysis) is 1. The number of rotatable bonds is 9. The van der Waals surface area contributed by atoms with Crippen LogP contribution in [0, 0.1) is 0 Å². The highest BCUT2D eigenvalue weighted by Gasteiger charge is 2.29. The van der Waals surface area contributed by atoms with Gasteiger partial charge >= 0.3 is 12.1 Å². The van der Waals surface area contributed by atoms with Crippen LogP contribution in [-0.2, 0) is 23.9 Å². The van der Waals surface area contributed by atoms with E-state index in [1.165, 1.54) is 7.11 Å². The van der Waals surface area contributed by atoms with Crippen molar-refractivity contribution in [3.8, 4) is 11.1 Å². The summed E-state index contributed by atoms with van der Waals surface area (Å²) < 4.78 is 9.79. The minimum atomic E-state index is -0.988. The number of methoxy groups -OCH3 is 1. The third-order valence-corrected chi connectivity index (χ3v) is 6.11. The monoisotopic (exact) mass is 471 g/mol. The number of fused-ring (bicyclic) bond motifs is 3. The van der Waals surface area contributed by atoms with Gasteiger partial charge in [0.2, 0.25) is 11.0 Å². The first-order valence-electron chi connectivity index (χ1n) is 10.2. The summed E-state index contributed by atoms with van der Waals surface area (Å²) in [5.41, 5.74) is 10.1. The van der Waals surface area contributed by atoms with Gasteiger partial charge in [0.25, 0.3) is 0 Å². The van der Waals surface area contributed by atoms with Crippen LogP contribution in [0.2, 0.25) is 0 Å². The van der Waals surface area contributed by atoms with E-state index in [1.807, 2.05) is 48.5 Å². The molecule has 0 aliphatic heterocycles. The fraction of sp³-hybridized carbons (Fsp3) is 0.304. The van der Waals surface area contributed by atoms with E-state index in [1.54, 1.807) is 0 Å². The van der Waals surface area contributed by atoms with Crippen molar-refractivity contribution in [3.05, 3.63) is 59.7 Å². The van der Waals surface area contributed by atoms with E-state index in [2.05, 4.69) is 15.4 Å². The molecule has 2 amide bonds. The second-order valence-electron chi connectivity index (χ2n) is 7.26. The SMILES string of the molecule is COC(=O)CNC(=O)[C@@H](N)CSC(=O)CNC(=O)OCC1c2ccccc2-c2ccccc21. The van der Waals surface area contributed by atoms with Crippen molar-refractivity contribution in [1.82, 2.24) is 10.6 Å². The molecule has 4 N–H and O–H groups in total. The van der Waals surface area contributed by atoms with Gasteiger partial charge in [0.1, 0.15) is 13.2 Å². The summed E-state index contributed by atoms with van der Waals surface area (Å²) in [4.78, 5) is 46.9. The fourth-order valence-corrected chi connectivity index (χ4v) is 4.16. The number of hydrogen-bond donors (Lipinski definition) is 3. The minimum absolute atomic E-state index is 0.00178. The molecular formula is C23H25N3O6S. The maximum absolute atomic E-state index is 12.1. The van der Waals surface area contributed by atoms with Gasteiger partial charge in [-0.3, -0.25) is 14.4 Å². The lowest BCUT2D eigenvalue weighted by atomic mass is 9.98. The Morgan fingerprint density at radius 1 is 0.970 bits per heavy atom. The van der Waals surface area contributed by atoms with E-state index in [4.69, 9.17) is 10.5 Å². The van der Waals surface area contributed by atoms with E-state index >= 15 is 0 Å². The molecule has 2 aromatic carbocycles. The smallest absolute Gasteiger partial charge is 0.407 e. The van der Waals surface area contributed by atoms with Gasteiger partial charge in [-0.05, 0) is 22.3 Å². The van der Waals surface area contributed by atoms with Crippen LogP contribution in [0.4, 0.5) is 4.79 Å². The van der Waals surface area contributed by atoms with Gasteiger partial charge in [-0.2, -0.15) is 0 Å². The Balaban J connectivity index is 1.41. The number of esters is 1. The Labute approximate surface area is 195 Å². The molecule has 2 aromatic rings. The number of hydrogen-bond acceptors (Lipinski definition) is 8. The number of amides is 2. The van der Waals surface area contributed by atoms with Crippen molar-refractivity contribution in [2.75, 3.05) is 32.6 Å². The lowest BCUT2D eigenvalue weighted by molar-refractivity contribution is -0.141. The largest absolute Gasteiger partial charge is 0.468 e. The van der Waals surface area contributed by atoms with Crippen molar-refractivity contribution >= 4 is 34.8 Å². The number of benzene rings is 2. The predicted octanol–water partition coefficient (Wildman–Crippen LogP) is 1.40. The van der Waals surface area contributed by atoms with Crippen molar-refractivity contribution in [2.45, 2.75) is 12.0 Å². The summed E-state index contributed by atoms with van der Waals surface area (Å²) in [5, 5.41) is 4.36. The molecule has 174 valence electrons. The van der Waals surface area contributed by atoms with Gasteiger partial charge in [0.05, 0.1) is 19.7 Å². The van der Waals surface area contributed by atoms with E-state index in [0.29, 0.717) is 0 Å². The van der Waals surface area contributed by atoms with Gasteiger partial charge in [0, 0.05) is 11.7 Å². The lowest BCUT2D eigenvalue weighted by Crippen LogP contribution is -2.44. The normalized spacial score (nSPS) is 12.8. The van der Waals surface area contributed by atoms with Gasteiger partial charge in [-0.1, -0.05) is 60.3 Å². The maximum Gasteiger partial charge on any atom is 0.407 e. The standard InChI is InChI=1S/C23H25N3O6S/c1-31-20(27)10-25-22(29)19(24)13-33-21(28)11-26-23(30)32-12-18-16-8-4-2-6-14(16)15-7-3-5-9-17(15)18/h2-9,18-19H,10-13,24H2,1H3,(H,25,29)(H,26,30)/t19-/m0/s1. The highest BCUT2D eigenvalue weighted by molar-refractivity contribution is 8.13. The van der Waals surface area contributed by atoms with Crippen molar-refractivity contribution in [2.24, 2.45) is 5.73 Å². The first-order chi connectivity index (χ1) is 15.9. The number of carbonyl (C=O) groups is 4. The number of nitrogens with one attached hydrogen (secondary N) is 2. The summed E-state index contributed by atoms with van der Waals surface area (Å²) >= 11 is 0.808. The number of carbonyl (C=O) groups excluding carboxylic acids is 4. The molecule has 0 unspecified atom stereocenters. The quantitative estimate of drug-likeness (QED) is 0.467. The summed E-state index contributed by atoms with van der Waals surface area (Å²) in [6, 6.07) is 15.0. The molecular weight excluding hydrogens is 446 g/mol. The molecule has 10 heteroatoms. The molecule has 0 saturated carbocycles. The number of thioether (sulfide) groups is 1. The molecule has 9 nitrogen and oxygen atoms in total. The zero-order valence-corrected chi connectivity index (χ0v) is 18.9. The number of nitrogens with two attached hydrogens (primary N) is 1. The molecule has 0 spiro atoms. The Bertz CT molecular complexity index is 999. The van der Waals surface area contributed by atoms with Crippen LogP contribution >= 0.6 is 11.8 Å². The van der Waals surface area contributed by atoms with Crippen LogP contribution in [0.15, 0.2) is 48.5 Å². The summed E-state index contributed by atoms with van der Waals surface area (Å²) in [6.07, 6.45) is -0.703. The second kappa shape index (κ2) is 11.5. The first kappa shape index (κ1) is 24.3. The van der Waals surface area contributed by atoms with Crippen LogP contribution in [0.5, 0.6) is 0 Å². The van der Waals surface area contributed by atoms with Gasteiger partial charge < -0.3 is 25.8 Å². The van der Waals surface area contributed by atoms with E-state index < -0.39 is 24.0 Å². The molecule has 1 atom stereocenters. The molecule has 1 aliphatic rings. The topological polar surface area (TPSA) is 137 Å². The highest BCUT2D eigenvalue weighted by atomic mass is 32.2. The Kier molecular flexibility index (Phi) is 8.45. The molecule has 0 bridgehead atoms. The van der Waals surface area contributed by atoms with Crippen LogP contribution in [0.3, 0.4) is 0 Å². The van der Waals surface area contributed by atoms with E-state index in [-0.39, 0.29) is 36.5 Å². The summed E-state index contributed by atoms with van der Waals surface area (Å²) in [5.74, 6) is -1.26. The molecule has 3 rings (SSSR count). The zero-order valence-electron chi connectivity index (χ0n) is 18.0. The minimum Gasteiger partial charge on any atom is -0.468 e. The van der Waals surface area contributed by atoms with Gasteiger partial charge in [0.15, 0.2) is 0 Å². The lowest BCUT2D eigenvalue weighted by Gasteiger charge is -2.14. The third kappa shape index (κ3) is 6.33. The molecule has 0 heterocycles. The average Bonchev–Trinajstić information content (AvgIpc) is 3.16. The van der Waals surface area contributed by atoms with E-state index in [9.17, 15) is 19.2 Å². The van der Waals surface area contributed by atoms with E-state index in [0.717, 1.165) is 34.0 Å². The summed E-state index contributed by atoms with van der Waals surface area (Å²) in [7, 11) is 1.20. The van der Waals surface area contributed by atoms with Gasteiger partial charge in [-0.15, -0.1) is 0 Å². The van der Waals surface area contributed by atoms with Crippen LogP contribution in [0.25, 0.3) is 11.1 Å². The molecule has 33 heavy (non-hydrogen) atoms. The number of ether oxygens (including phenoxy) is 2. The first-order valence-corrected chi connectivity index (χ1v) is 11.2. The Morgan fingerprint density at radius 2 is 1.58 bits per heavy atom. The maximum atomic E-state index is 12.1. The van der Waals surface area contributed by atoms with Crippen molar-refractivity contribution in [1.29, 1.82) is 0 Å². The zero-order chi connectivity index (χ0) is 23.8. The van der Waals surface area contributed by atoms with Crippen LogP contribution in [0.1, 0.15) is 17.0 Å². The second-order valence-corrected chi connectivity index (χ2v) is 8.34. The fourth-order valence-electron chi connectivity index (χ4n) is 3.47. The van der Waals surface area contributed by atoms with Crippen LogP contribution < -0.4 is 16.4 Å². The third-order valence-electron chi connectivity index (χ3n) is 5.12. The van der Waals surface area contributed by atoms with Crippen molar-refractivity contribution < 1.29 is 28.7 Å². The van der Waals surface area contributed by atoms with Crippen LogP contribution in [-0.4, -0.2) is 61.7 Å². The molecule has 0 radical (unpaired) electrons. The molecule has 1 aliphatic carbocycles. The Hall–Kier alpha value is -3.37. The highest BCUT2D eigenvalue weighted by Crippen LogP contribution is 2.44. The molecule has 0 fully saturated rings.